The first-order chi connectivity index (χ1) is 8.67. The number of rotatable bonds is 1. The maximum atomic E-state index is 14.3. The SMILES string of the molecule is OC1(F)CC(c2ccccc2)=Nc2ccccc21. The number of fused-ring (bicyclic) bond motifs is 1. The second-order valence-corrected chi connectivity index (χ2v) is 4.38. The normalized spacial score (nSPS) is 22.2. The van der Waals surface area contributed by atoms with E-state index in [0.717, 1.165) is 5.56 Å². The molecular formula is C15H12FNO. The highest BCUT2D eigenvalue weighted by Crippen LogP contribution is 2.39. The summed E-state index contributed by atoms with van der Waals surface area (Å²) >= 11 is 0. The van der Waals surface area contributed by atoms with Crippen molar-refractivity contribution in [2.75, 3.05) is 0 Å². The second-order valence-electron chi connectivity index (χ2n) is 4.38. The number of nitrogens with zero attached hydrogens (tertiary/aromatic N) is 1. The fourth-order valence-electron chi connectivity index (χ4n) is 2.19. The first-order valence-electron chi connectivity index (χ1n) is 5.80. The van der Waals surface area contributed by atoms with E-state index in [1.165, 1.54) is 0 Å². The van der Waals surface area contributed by atoms with E-state index in [9.17, 15) is 9.50 Å². The van der Waals surface area contributed by atoms with E-state index < -0.39 is 5.85 Å². The van der Waals surface area contributed by atoms with Gasteiger partial charge in [0.15, 0.2) is 0 Å². The van der Waals surface area contributed by atoms with Gasteiger partial charge in [-0.05, 0) is 11.6 Å². The molecule has 0 saturated carbocycles. The summed E-state index contributed by atoms with van der Waals surface area (Å²) in [6.07, 6.45) is -0.117. The number of halogens is 1. The van der Waals surface area contributed by atoms with Gasteiger partial charge in [-0.1, -0.05) is 48.5 Å². The molecule has 1 atom stereocenters. The van der Waals surface area contributed by atoms with Crippen LogP contribution in [0.2, 0.25) is 0 Å². The van der Waals surface area contributed by atoms with Crippen molar-refractivity contribution in [2.45, 2.75) is 12.3 Å². The molecule has 0 aromatic heterocycles. The lowest BCUT2D eigenvalue weighted by Gasteiger charge is -2.26. The molecule has 0 saturated heterocycles. The molecule has 1 N–H and O–H groups in total. The average molecular weight is 241 g/mol. The van der Waals surface area contributed by atoms with Crippen molar-refractivity contribution in [2.24, 2.45) is 4.99 Å². The lowest BCUT2D eigenvalue weighted by molar-refractivity contribution is -0.0886. The number of aliphatic hydroxyl groups is 1. The highest BCUT2D eigenvalue weighted by molar-refractivity contribution is 6.03. The molecule has 1 unspecified atom stereocenters. The Balaban J connectivity index is 2.14. The van der Waals surface area contributed by atoms with Gasteiger partial charge < -0.3 is 5.11 Å². The Morgan fingerprint density at radius 3 is 2.44 bits per heavy atom. The molecule has 2 nitrogen and oxygen atoms in total. The zero-order valence-electron chi connectivity index (χ0n) is 9.68. The van der Waals surface area contributed by atoms with E-state index in [1.807, 2.05) is 30.3 Å². The summed E-state index contributed by atoms with van der Waals surface area (Å²) in [4.78, 5) is 4.43. The molecule has 90 valence electrons. The zero-order chi connectivity index (χ0) is 12.6. The number of hydrogen-bond donors (Lipinski definition) is 1. The zero-order valence-corrected chi connectivity index (χ0v) is 9.68. The molecule has 3 rings (SSSR count). The van der Waals surface area contributed by atoms with E-state index in [4.69, 9.17) is 0 Å². The van der Waals surface area contributed by atoms with Crippen molar-refractivity contribution in [3.63, 3.8) is 0 Å². The van der Waals surface area contributed by atoms with Crippen LogP contribution in [0.3, 0.4) is 0 Å². The van der Waals surface area contributed by atoms with Crippen LogP contribution < -0.4 is 0 Å². The van der Waals surface area contributed by atoms with Gasteiger partial charge in [-0.3, -0.25) is 4.99 Å². The monoisotopic (exact) mass is 241 g/mol. The molecule has 0 radical (unpaired) electrons. The third kappa shape index (κ3) is 1.83. The molecule has 0 bridgehead atoms. The van der Waals surface area contributed by atoms with Crippen LogP contribution in [0.1, 0.15) is 17.5 Å². The molecule has 0 amide bonds. The predicted octanol–water partition coefficient (Wildman–Crippen LogP) is 3.33. The van der Waals surface area contributed by atoms with Crippen molar-refractivity contribution in [1.82, 2.24) is 0 Å². The summed E-state index contributed by atoms with van der Waals surface area (Å²) < 4.78 is 14.3. The quantitative estimate of drug-likeness (QED) is 0.816. The van der Waals surface area contributed by atoms with Gasteiger partial charge in [-0.25, -0.2) is 4.39 Å². The van der Waals surface area contributed by atoms with Gasteiger partial charge in [0.25, 0.3) is 0 Å². The fourth-order valence-corrected chi connectivity index (χ4v) is 2.19. The van der Waals surface area contributed by atoms with Crippen LogP contribution in [0.4, 0.5) is 10.1 Å². The van der Waals surface area contributed by atoms with Crippen molar-refractivity contribution < 1.29 is 9.50 Å². The highest BCUT2D eigenvalue weighted by Gasteiger charge is 2.36. The van der Waals surface area contributed by atoms with Gasteiger partial charge >= 0.3 is 0 Å². The predicted molar refractivity (Wildman–Crippen MR) is 68.7 cm³/mol. The number of alkyl halides is 1. The van der Waals surface area contributed by atoms with Gasteiger partial charge in [-0.15, -0.1) is 0 Å². The molecule has 1 heterocycles. The van der Waals surface area contributed by atoms with Crippen LogP contribution in [0.15, 0.2) is 59.6 Å². The Morgan fingerprint density at radius 2 is 1.67 bits per heavy atom. The van der Waals surface area contributed by atoms with Crippen LogP contribution in [0, 0.1) is 0 Å². The van der Waals surface area contributed by atoms with Gasteiger partial charge in [0.2, 0.25) is 5.85 Å². The Hall–Kier alpha value is -2.00. The van der Waals surface area contributed by atoms with Crippen LogP contribution in [-0.2, 0) is 5.85 Å². The molecule has 1 aliphatic heterocycles. The number of benzene rings is 2. The maximum absolute atomic E-state index is 14.3. The minimum absolute atomic E-state index is 0.117. The van der Waals surface area contributed by atoms with Crippen molar-refractivity contribution in [1.29, 1.82) is 0 Å². The van der Waals surface area contributed by atoms with E-state index >= 15 is 0 Å². The van der Waals surface area contributed by atoms with E-state index in [1.54, 1.807) is 24.3 Å². The smallest absolute Gasteiger partial charge is 0.240 e. The Morgan fingerprint density at radius 1 is 1.00 bits per heavy atom. The molecular weight excluding hydrogens is 229 g/mol. The second kappa shape index (κ2) is 4.03. The number of para-hydroxylation sites is 1. The van der Waals surface area contributed by atoms with Crippen LogP contribution in [-0.4, -0.2) is 10.8 Å². The lowest BCUT2D eigenvalue weighted by Crippen LogP contribution is -2.27. The molecule has 2 aromatic carbocycles. The topological polar surface area (TPSA) is 32.6 Å². The summed E-state index contributed by atoms with van der Waals surface area (Å²) in [5, 5.41) is 9.91. The summed E-state index contributed by atoms with van der Waals surface area (Å²) in [7, 11) is 0. The third-order valence-corrected chi connectivity index (χ3v) is 3.08. The summed E-state index contributed by atoms with van der Waals surface area (Å²) in [5.74, 6) is -2.34. The van der Waals surface area contributed by atoms with Crippen LogP contribution in [0.25, 0.3) is 0 Å². The summed E-state index contributed by atoms with van der Waals surface area (Å²) in [6.45, 7) is 0. The van der Waals surface area contributed by atoms with E-state index in [0.29, 0.717) is 11.4 Å². The van der Waals surface area contributed by atoms with Gasteiger partial charge in [0.1, 0.15) is 0 Å². The minimum atomic E-state index is -2.34. The highest BCUT2D eigenvalue weighted by atomic mass is 19.2. The Kier molecular flexibility index (Phi) is 2.49. The lowest BCUT2D eigenvalue weighted by atomic mass is 9.93. The summed E-state index contributed by atoms with van der Waals surface area (Å²) in [5.41, 5.74) is 2.14. The molecule has 0 spiro atoms. The van der Waals surface area contributed by atoms with Crippen LogP contribution in [0.5, 0.6) is 0 Å². The Bertz CT molecular complexity index is 605. The van der Waals surface area contributed by atoms with Gasteiger partial charge in [0.05, 0.1) is 17.8 Å². The molecule has 2 aromatic rings. The van der Waals surface area contributed by atoms with Gasteiger partial charge in [-0.2, -0.15) is 0 Å². The van der Waals surface area contributed by atoms with E-state index in [-0.39, 0.29) is 12.0 Å². The molecule has 18 heavy (non-hydrogen) atoms. The van der Waals surface area contributed by atoms with E-state index in [2.05, 4.69) is 4.99 Å². The van der Waals surface area contributed by atoms with Crippen molar-refractivity contribution >= 4 is 11.4 Å². The van der Waals surface area contributed by atoms with Crippen molar-refractivity contribution in [3.05, 3.63) is 65.7 Å². The Labute approximate surface area is 104 Å². The molecule has 0 aliphatic carbocycles. The number of hydrogen-bond acceptors (Lipinski definition) is 2. The molecule has 1 aliphatic rings. The first kappa shape index (κ1) is 11.1. The first-order valence-corrected chi connectivity index (χ1v) is 5.80. The maximum Gasteiger partial charge on any atom is 0.240 e. The molecule has 0 fully saturated rings. The van der Waals surface area contributed by atoms with Gasteiger partial charge in [0, 0.05) is 5.56 Å². The summed E-state index contributed by atoms with van der Waals surface area (Å²) in [6, 6.07) is 16.1. The third-order valence-electron chi connectivity index (χ3n) is 3.08. The minimum Gasteiger partial charge on any atom is -0.358 e. The largest absolute Gasteiger partial charge is 0.358 e. The fraction of sp³-hybridized carbons (Fsp3) is 0.133. The van der Waals surface area contributed by atoms with Crippen molar-refractivity contribution in [3.8, 4) is 0 Å². The standard InChI is InChI=1S/C15H12FNO/c16-15(18)10-14(11-6-2-1-3-7-11)17-13-9-5-4-8-12(13)15/h1-9,18H,10H2. The van der Waals surface area contributed by atoms with Crippen LogP contribution >= 0.6 is 0 Å². The number of aliphatic imine (C=N–C) groups is 1. The average Bonchev–Trinajstić information content (AvgIpc) is 2.39. The molecule has 3 heteroatoms.